The summed E-state index contributed by atoms with van der Waals surface area (Å²) in [6.07, 6.45) is -2.26. The number of rotatable bonds is 10. The summed E-state index contributed by atoms with van der Waals surface area (Å²) in [5, 5.41) is 9.94. The lowest BCUT2D eigenvalue weighted by Crippen LogP contribution is -2.47. The summed E-state index contributed by atoms with van der Waals surface area (Å²) in [5.74, 6) is -0.533. The average Bonchev–Trinajstić information content (AvgIpc) is 2.86. The van der Waals surface area contributed by atoms with Crippen LogP contribution in [-0.4, -0.2) is 56.5 Å². The van der Waals surface area contributed by atoms with Crippen molar-refractivity contribution in [3.8, 4) is 0 Å². The summed E-state index contributed by atoms with van der Waals surface area (Å²) < 4.78 is 54.5. The molecule has 206 valence electrons. The number of amides is 1. The van der Waals surface area contributed by atoms with Crippen LogP contribution in [0.5, 0.6) is 0 Å². The lowest BCUT2D eigenvalue weighted by atomic mass is 10.1. The van der Waals surface area contributed by atoms with Crippen molar-refractivity contribution < 1.29 is 22.4 Å². The van der Waals surface area contributed by atoms with Crippen molar-refractivity contribution in [2.75, 3.05) is 49.1 Å². The van der Waals surface area contributed by atoms with E-state index in [9.17, 15) is 18.0 Å². The van der Waals surface area contributed by atoms with Gasteiger partial charge in [0, 0.05) is 57.4 Å². The van der Waals surface area contributed by atoms with Crippen molar-refractivity contribution in [3.05, 3.63) is 58.9 Å². The maximum absolute atomic E-state index is 15.2. The Morgan fingerprint density at radius 3 is 2.50 bits per heavy atom. The van der Waals surface area contributed by atoms with Gasteiger partial charge in [-0.1, -0.05) is 6.07 Å². The van der Waals surface area contributed by atoms with Gasteiger partial charge in [-0.25, -0.2) is 4.39 Å². The highest BCUT2D eigenvalue weighted by atomic mass is 32.1. The van der Waals surface area contributed by atoms with Crippen LogP contribution in [0.15, 0.2) is 41.5 Å². The first-order valence-electron chi connectivity index (χ1n) is 12.1. The molecule has 38 heavy (non-hydrogen) atoms. The van der Waals surface area contributed by atoms with E-state index >= 15 is 4.39 Å². The van der Waals surface area contributed by atoms with Gasteiger partial charge in [-0.3, -0.25) is 10.2 Å². The number of alkyl halides is 3. The van der Waals surface area contributed by atoms with Crippen LogP contribution in [0.1, 0.15) is 30.0 Å². The molecule has 0 aromatic heterocycles. The first-order valence-corrected chi connectivity index (χ1v) is 12.5. The fraction of sp³-hybridized carbons (Fsp3) is 0.400. The number of nitrogens with one attached hydrogen (secondary N) is 3. The molecule has 2 aromatic carbocycles. The molecule has 0 bridgehead atoms. The summed E-state index contributed by atoms with van der Waals surface area (Å²) in [7, 11) is 0. The van der Waals surface area contributed by atoms with Gasteiger partial charge in [0.25, 0.3) is 0 Å². The van der Waals surface area contributed by atoms with Crippen LogP contribution in [0, 0.1) is 5.82 Å². The van der Waals surface area contributed by atoms with Crippen LogP contribution in [0.3, 0.4) is 0 Å². The fourth-order valence-corrected chi connectivity index (χ4v) is 4.14. The topological polar surface area (TPSA) is 98.0 Å². The van der Waals surface area contributed by atoms with Gasteiger partial charge in [-0.15, -0.1) is 0 Å². The number of thiocarbonyl (C=S) groups is 1. The van der Waals surface area contributed by atoms with Crippen molar-refractivity contribution >= 4 is 40.8 Å². The highest BCUT2D eigenvalue weighted by Crippen LogP contribution is 2.32. The number of carbonyl (C=O) groups excluding carboxylic acids is 1. The standard InChI is InChI=1S/C25H31F4N7OS/c1-17(37)32-7-3-6-31-15-19-13-23(22(26)12-18(19)16-33-34-24(30)38)36-10-8-35(9-11-36)21-5-2-4-20(14-21)25(27,28)29/h2,4-5,12-14,16,31H,3,6-11,15H2,1H3,(H,32,37)(H3,30,34,38)/b33-16+. The Kier molecular flexibility index (Phi) is 10.2. The highest BCUT2D eigenvalue weighted by molar-refractivity contribution is 7.80. The second kappa shape index (κ2) is 13.4. The molecule has 1 aliphatic heterocycles. The average molecular weight is 554 g/mol. The molecule has 5 N–H and O–H groups in total. The van der Waals surface area contributed by atoms with Crippen molar-refractivity contribution in [2.24, 2.45) is 10.8 Å². The van der Waals surface area contributed by atoms with E-state index in [-0.39, 0.29) is 11.0 Å². The van der Waals surface area contributed by atoms with Gasteiger partial charge in [0.05, 0.1) is 17.5 Å². The smallest absolute Gasteiger partial charge is 0.375 e. The third-order valence-electron chi connectivity index (χ3n) is 5.97. The predicted octanol–water partition coefficient (Wildman–Crippen LogP) is 2.95. The number of hydrogen-bond donors (Lipinski definition) is 4. The summed E-state index contributed by atoms with van der Waals surface area (Å²) >= 11 is 4.74. The fourth-order valence-electron chi connectivity index (χ4n) is 4.09. The van der Waals surface area contributed by atoms with Crippen molar-refractivity contribution in [3.63, 3.8) is 0 Å². The van der Waals surface area contributed by atoms with Crippen LogP contribution < -0.4 is 31.6 Å². The third kappa shape index (κ3) is 8.55. The molecule has 1 saturated heterocycles. The SMILES string of the molecule is CC(=O)NCCCNCc1cc(N2CCN(c3cccc(C(F)(F)F)c3)CC2)c(F)cc1/C=N/NC(N)=S. The van der Waals surface area contributed by atoms with Gasteiger partial charge in [-0.2, -0.15) is 18.3 Å². The second-order valence-corrected chi connectivity index (χ2v) is 9.21. The molecule has 1 heterocycles. The monoisotopic (exact) mass is 553 g/mol. The summed E-state index contributed by atoms with van der Waals surface area (Å²) in [6, 6.07) is 8.36. The Hall–Kier alpha value is -3.45. The Balaban J connectivity index is 1.71. The number of hydrazone groups is 1. The Morgan fingerprint density at radius 2 is 1.84 bits per heavy atom. The lowest BCUT2D eigenvalue weighted by Gasteiger charge is -2.38. The van der Waals surface area contributed by atoms with Gasteiger partial charge in [0.2, 0.25) is 5.91 Å². The zero-order valence-corrected chi connectivity index (χ0v) is 21.8. The Morgan fingerprint density at radius 1 is 1.13 bits per heavy atom. The predicted molar refractivity (Wildman–Crippen MR) is 145 cm³/mol. The van der Waals surface area contributed by atoms with Crippen LogP contribution in [0.2, 0.25) is 0 Å². The van der Waals surface area contributed by atoms with E-state index in [0.29, 0.717) is 62.8 Å². The molecule has 0 aliphatic carbocycles. The van der Waals surface area contributed by atoms with E-state index in [4.69, 9.17) is 18.0 Å². The number of hydrogen-bond acceptors (Lipinski definition) is 6. The number of halogens is 4. The summed E-state index contributed by atoms with van der Waals surface area (Å²) in [6.45, 7) is 4.81. The van der Waals surface area contributed by atoms with Crippen LogP contribution in [-0.2, 0) is 17.5 Å². The van der Waals surface area contributed by atoms with E-state index in [1.165, 1.54) is 25.3 Å². The number of nitrogens with two attached hydrogens (primary N) is 1. The third-order valence-corrected chi connectivity index (χ3v) is 6.06. The molecule has 1 amide bonds. The molecule has 1 aliphatic rings. The Labute approximate surface area is 224 Å². The minimum atomic E-state index is -4.41. The largest absolute Gasteiger partial charge is 0.416 e. The van der Waals surface area contributed by atoms with Gasteiger partial charge < -0.3 is 26.2 Å². The maximum Gasteiger partial charge on any atom is 0.416 e. The van der Waals surface area contributed by atoms with Crippen LogP contribution in [0.4, 0.5) is 28.9 Å². The highest BCUT2D eigenvalue weighted by Gasteiger charge is 2.31. The van der Waals surface area contributed by atoms with Gasteiger partial charge >= 0.3 is 6.18 Å². The molecular formula is C25H31F4N7OS. The van der Waals surface area contributed by atoms with Crippen molar-refractivity contribution in [1.29, 1.82) is 0 Å². The molecule has 0 unspecified atom stereocenters. The maximum atomic E-state index is 15.2. The molecule has 0 spiro atoms. The number of nitrogens with zero attached hydrogens (tertiary/aromatic N) is 3. The molecule has 2 aromatic rings. The van der Waals surface area contributed by atoms with Crippen molar-refractivity contribution in [1.82, 2.24) is 16.1 Å². The second-order valence-electron chi connectivity index (χ2n) is 8.77. The first-order chi connectivity index (χ1) is 18.0. The zero-order chi connectivity index (χ0) is 27.7. The van der Waals surface area contributed by atoms with E-state index in [2.05, 4.69) is 21.2 Å². The number of anilines is 2. The van der Waals surface area contributed by atoms with Gasteiger partial charge in [0.15, 0.2) is 5.11 Å². The number of benzene rings is 2. The van der Waals surface area contributed by atoms with Crippen molar-refractivity contribution in [2.45, 2.75) is 26.1 Å². The minimum Gasteiger partial charge on any atom is -0.375 e. The van der Waals surface area contributed by atoms with E-state index in [1.807, 2.05) is 9.80 Å². The van der Waals surface area contributed by atoms with E-state index < -0.39 is 17.6 Å². The number of carbonyl (C=O) groups is 1. The summed E-state index contributed by atoms with van der Waals surface area (Å²) in [5.41, 5.74) is 9.38. The van der Waals surface area contributed by atoms with E-state index in [0.717, 1.165) is 24.1 Å². The lowest BCUT2D eigenvalue weighted by molar-refractivity contribution is -0.137. The first kappa shape index (κ1) is 29.1. The molecule has 8 nitrogen and oxygen atoms in total. The zero-order valence-electron chi connectivity index (χ0n) is 20.9. The normalized spacial score (nSPS) is 14.1. The molecule has 1 fully saturated rings. The molecule has 13 heteroatoms. The Bertz CT molecular complexity index is 1150. The van der Waals surface area contributed by atoms with E-state index in [1.54, 1.807) is 12.1 Å². The quantitative estimate of drug-likeness (QED) is 0.118. The number of piperazine rings is 1. The molecule has 0 saturated carbocycles. The van der Waals surface area contributed by atoms with Crippen LogP contribution >= 0.6 is 12.2 Å². The summed E-state index contributed by atoms with van der Waals surface area (Å²) in [4.78, 5) is 14.8. The van der Waals surface area contributed by atoms with Gasteiger partial charge in [0.1, 0.15) is 5.82 Å². The molecular weight excluding hydrogens is 522 g/mol. The van der Waals surface area contributed by atoms with Gasteiger partial charge in [-0.05, 0) is 61.1 Å². The molecule has 0 atom stereocenters. The molecule has 3 rings (SSSR count). The minimum absolute atomic E-state index is 0.0189. The molecule has 0 radical (unpaired) electrons. The van der Waals surface area contributed by atoms with Crippen LogP contribution in [0.25, 0.3) is 0 Å².